The van der Waals surface area contributed by atoms with Gasteiger partial charge in [-0.1, -0.05) is 0 Å². The van der Waals surface area contributed by atoms with Crippen LogP contribution in [0.2, 0.25) is 0 Å². The van der Waals surface area contributed by atoms with Crippen molar-refractivity contribution < 1.29 is 9.59 Å². The molecule has 1 radical (unpaired) electrons. The third-order valence-electron chi connectivity index (χ3n) is 2.01. The molecule has 1 saturated heterocycles. The number of nitrogens with one attached hydrogen (secondary N) is 1. The van der Waals surface area contributed by atoms with Crippen LogP contribution in [-0.2, 0) is 4.79 Å². The SMILES string of the molecule is CC(=O)N1CCN(C([NH])=O)CC1. The van der Waals surface area contributed by atoms with Crippen molar-refractivity contribution in [1.82, 2.24) is 15.5 Å². The number of rotatable bonds is 0. The molecule has 0 aromatic carbocycles. The first-order chi connectivity index (χ1) is 5.61. The van der Waals surface area contributed by atoms with Crippen LogP contribution in [-0.4, -0.2) is 47.9 Å². The van der Waals surface area contributed by atoms with E-state index >= 15 is 0 Å². The molecule has 0 aromatic rings. The Kier molecular flexibility index (Phi) is 2.52. The zero-order valence-corrected chi connectivity index (χ0v) is 7.04. The van der Waals surface area contributed by atoms with Crippen molar-refractivity contribution in [1.29, 1.82) is 0 Å². The number of carbonyl (C=O) groups excluding carboxylic acids is 2. The summed E-state index contributed by atoms with van der Waals surface area (Å²) in [4.78, 5) is 24.5. The van der Waals surface area contributed by atoms with Crippen molar-refractivity contribution in [3.63, 3.8) is 0 Å². The van der Waals surface area contributed by atoms with Gasteiger partial charge in [0.1, 0.15) is 0 Å². The highest BCUT2D eigenvalue weighted by Crippen LogP contribution is 2.01. The van der Waals surface area contributed by atoms with Gasteiger partial charge in [0, 0.05) is 33.1 Å². The number of amides is 3. The molecule has 0 atom stereocenters. The van der Waals surface area contributed by atoms with Crippen molar-refractivity contribution in [2.24, 2.45) is 0 Å². The second kappa shape index (κ2) is 3.42. The Morgan fingerprint density at radius 1 is 1.08 bits per heavy atom. The molecule has 0 aliphatic carbocycles. The van der Waals surface area contributed by atoms with Crippen LogP contribution in [0.4, 0.5) is 4.79 Å². The van der Waals surface area contributed by atoms with Gasteiger partial charge in [0.05, 0.1) is 0 Å². The minimum atomic E-state index is -0.654. The molecule has 0 aromatic heterocycles. The van der Waals surface area contributed by atoms with Crippen LogP contribution in [0.5, 0.6) is 0 Å². The van der Waals surface area contributed by atoms with Crippen LogP contribution in [0.1, 0.15) is 6.92 Å². The first-order valence-electron chi connectivity index (χ1n) is 3.87. The van der Waals surface area contributed by atoms with Gasteiger partial charge in [-0.05, 0) is 0 Å². The second-order valence-corrected chi connectivity index (χ2v) is 2.80. The zero-order chi connectivity index (χ0) is 9.14. The maximum absolute atomic E-state index is 10.9. The fraction of sp³-hybridized carbons (Fsp3) is 0.714. The van der Waals surface area contributed by atoms with Crippen LogP contribution in [0.25, 0.3) is 0 Å². The molecule has 67 valence electrons. The number of nitrogens with zero attached hydrogens (tertiary/aromatic N) is 2. The molecule has 1 aliphatic heterocycles. The van der Waals surface area contributed by atoms with E-state index in [9.17, 15) is 9.59 Å². The van der Waals surface area contributed by atoms with E-state index in [1.54, 1.807) is 4.90 Å². The van der Waals surface area contributed by atoms with Gasteiger partial charge in [-0.2, -0.15) is 0 Å². The van der Waals surface area contributed by atoms with Crippen molar-refractivity contribution in [3.8, 4) is 0 Å². The van der Waals surface area contributed by atoms with E-state index in [2.05, 4.69) is 0 Å². The van der Waals surface area contributed by atoms with Gasteiger partial charge in [0.15, 0.2) is 0 Å². The third-order valence-corrected chi connectivity index (χ3v) is 2.01. The summed E-state index contributed by atoms with van der Waals surface area (Å²) in [6.07, 6.45) is 0. The van der Waals surface area contributed by atoms with E-state index < -0.39 is 6.03 Å². The molecule has 1 N–H and O–H groups in total. The molecule has 1 fully saturated rings. The van der Waals surface area contributed by atoms with Crippen molar-refractivity contribution in [3.05, 3.63) is 0 Å². The molecule has 0 spiro atoms. The van der Waals surface area contributed by atoms with Crippen LogP contribution in [0, 0.1) is 0 Å². The summed E-state index contributed by atoms with van der Waals surface area (Å²) < 4.78 is 0. The standard InChI is InChI=1S/C7H12N3O2/c1-6(11)9-2-4-10(5-3-9)7(8)12/h8H,2-5H2,1H3. The average Bonchev–Trinajstić information content (AvgIpc) is 2.04. The lowest BCUT2D eigenvalue weighted by atomic mass is 10.3. The Balaban J connectivity index is 2.39. The Morgan fingerprint density at radius 3 is 1.83 bits per heavy atom. The van der Waals surface area contributed by atoms with Gasteiger partial charge < -0.3 is 9.80 Å². The molecule has 1 heterocycles. The summed E-state index contributed by atoms with van der Waals surface area (Å²) >= 11 is 0. The van der Waals surface area contributed by atoms with E-state index in [0.717, 1.165) is 0 Å². The summed E-state index contributed by atoms with van der Waals surface area (Å²) in [5, 5.41) is 0. The molecule has 5 nitrogen and oxygen atoms in total. The molecule has 3 amide bonds. The summed E-state index contributed by atoms with van der Waals surface area (Å²) in [5.41, 5.74) is 6.83. The maximum atomic E-state index is 10.9. The van der Waals surface area contributed by atoms with Gasteiger partial charge in [-0.15, -0.1) is 0 Å². The lowest BCUT2D eigenvalue weighted by Gasteiger charge is -2.32. The smallest absolute Gasteiger partial charge is 0.336 e. The third kappa shape index (κ3) is 1.87. The first-order valence-corrected chi connectivity index (χ1v) is 3.87. The minimum Gasteiger partial charge on any atom is -0.339 e. The Bertz CT molecular complexity index is 175. The summed E-state index contributed by atoms with van der Waals surface area (Å²) in [6.45, 7) is 3.60. The van der Waals surface area contributed by atoms with Crippen LogP contribution >= 0.6 is 0 Å². The predicted molar refractivity (Wildman–Crippen MR) is 42.3 cm³/mol. The Labute approximate surface area is 71.1 Å². The molecule has 12 heavy (non-hydrogen) atoms. The number of carbonyl (C=O) groups is 2. The summed E-state index contributed by atoms with van der Waals surface area (Å²) in [6, 6.07) is -0.654. The van der Waals surface area contributed by atoms with E-state index in [0.29, 0.717) is 26.2 Å². The lowest BCUT2D eigenvalue weighted by molar-refractivity contribution is -0.130. The van der Waals surface area contributed by atoms with Gasteiger partial charge >= 0.3 is 6.03 Å². The summed E-state index contributed by atoms with van der Waals surface area (Å²) in [5.74, 6) is 0.0343. The maximum Gasteiger partial charge on any atom is 0.336 e. The van der Waals surface area contributed by atoms with Gasteiger partial charge in [0.25, 0.3) is 0 Å². The number of hydrogen-bond acceptors (Lipinski definition) is 2. The molecular weight excluding hydrogens is 158 g/mol. The molecule has 1 aliphatic rings. The molecule has 0 unspecified atom stereocenters. The molecule has 0 bridgehead atoms. The molecule has 1 rings (SSSR count). The Morgan fingerprint density at radius 2 is 1.50 bits per heavy atom. The fourth-order valence-corrected chi connectivity index (χ4v) is 1.22. The van der Waals surface area contributed by atoms with Crippen LogP contribution in [0.15, 0.2) is 0 Å². The molecule has 0 saturated carbocycles. The number of piperazine rings is 1. The van der Waals surface area contributed by atoms with E-state index in [-0.39, 0.29) is 5.91 Å². The van der Waals surface area contributed by atoms with Crippen molar-refractivity contribution in [2.45, 2.75) is 6.92 Å². The normalized spacial score (nSPS) is 17.8. The lowest BCUT2D eigenvalue weighted by Crippen LogP contribution is -2.49. The largest absolute Gasteiger partial charge is 0.339 e. The van der Waals surface area contributed by atoms with E-state index in [4.69, 9.17) is 5.73 Å². The average molecular weight is 170 g/mol. The highest BCUT2D eigenvalue weighted by atomic mass is 16.2. The quantitative estimate of drug-likeness (QED) is 0.494. The predicted octanol–water partition coefficient (Wildman–Crippen LogP) is -0.447. The van der Waals surface area contributed by atoms with Crippen LogP contribution in [0.3, 0.4) is 0 Å². The van der Waals surface area contributed by atoms with Gasteiger partial charge in [0.2, 0.25) is 5.91 Å². The summed E-state index contributed by atoms with van der Waals surface area (Å²) in [7, 11) is 0. The van der Waals surface area contributed by atoms with E-state index in [1.165, 1.54) is 11.8 Å². The zero-order valence-electron chi connectivity index (χ0n) is 7.04. The fourth-order valence-electron chi connectivity index (χ4n) is 1.22. The van der Waals surface area contributed by atoms with Gasteiger partial charge in [-0.25, -0.2) is 10.5 Å². The van der Waals surface area contributed by atoms with Crippen molar-refractivity contribution >= 4 is 11.9 Å². The number of urea groups is 1. The topological polar surface area (TPSA) is 64.4 Å². The Hall–Kier alpha value is -1.26. The second-order valence-electron chi connectivity index (χ2n) is 2.80. The van der Waals surface area contributed by atoms with Crippen LogP contribution < -0.4 is 5.73 Å². The number of hydrogen-bond donors (Lipinski definition) is 0. The highest BCUT2D eigenvalue weighted by molar-refractivity contribution is 5.74. The van der Waals surface area contributed by atoms with Crippen molar-refractivity contribution in [2.75, 3.05) is 26.2 Å². The molecular formula is C7H12N3O2. The minimum absolute atomic E-state index is 0.0343. The molecule has 5 heteroatoms. The van der Waals surface area contributed by atoms with Gasteiger partial charge in [-0.3, -0.25) is 4.79 Å². The van der Waals surface area contributed by atoms with E-state index in [1.807, 2.05) is 0 Å². The first kappa shape index (κ1) is 8.83. The highest BCUT2D eigenvalue weighted by Gasteiger charge is 2.20. The monoisotopic (exact) mass is 170 g/mol.